The average molecular weight is 390 g/mol. The molecule has 1 heterocycles. The first kappa shape index (κ1) is 18.7. The van der Waals surface area contributed by atoms with E-state index >= 15 is 0 Å². The van der Waals surface area contributed by atoms with Crippen LogP contribution in [0.15, 0.2) is 30.3 Å². The van der Waals surface area contributed by atoms with Gasteiger partial charge >= 0.3 is 5.97 Å². The second kappa shape index (κ2) is 8.52. The van der Waals surface area contributed by atoms with Gasteiger partial charge in [0.15, 0.2) is 0 Å². The fourth-order valence-electron chi connectivity index (χ4n) is 3.08. The highest BCUT2D eigenvalue weighted by Crippen LogP contribution is 2.38. The van der Waals surface area contributed by atoms with Crippen LogP contribution < -0.4 is 5.32 Å². The second-order valence-corrected chi connectivity index (χ2v) is 7.62. The molecule has 0 saturated heterocycles. The molecule has 1 aliphatic carbocycles. The summed E-state index contributed by atoms with van der Waals surface area (Å²) in [4.78, 5) is 25.8. The number of esters is 1. The van der Waals surface area contributed by atoms with Crippen LogP contribution in [-0.2, 0) is 22.4 Å². The molecule has 0 radical (unpaired) electrons. The lowest BCUT2D eigenvalue weighted by atomic mass is 10.1. The summed E-state index contributed by atoms with van der Waals surface area (Å²) in [5.41, 5.74) is 2.30. The van der Waals surface area contributed by atoms with Gasteiger partial charge in [0.05, 0.1) is 12.7 Å². The largest absolute Gasteiger partial charge is 0.465 e. The lowest BCUT2D eigenvalue weighted by Gasteiger charge is -2.06. The monoisotopic (exact) mass is 389 g/mol. The molecule has 0 saturated carbocycles. The number of aryl methyl sites for hydroxylation is 1. The fourth-order valence-corrected chi connectivity index (χ4v) is 4.56. The van der Waals surface area contributed by atoms with Crippen molar-refractivity contribution >= 4 is 45.9 Å². The summed E-state index contributed by atoms with van der Waals surface area (Å²) in [5, 5.41) is 3.99. The van der Waals surface area contributed by atoms with E-state index in [9.17, 15) is 9.59 Å². The molecule has 0 fully saturated rings. The minimum atomic E-state index is -0.394. The number of anilines is 1. The Morgan fingerprint density at radius 1 is 1.19 bits per heavy atom. The van der Waals surface area contributed by atoms with E-state index in [0.717, 1.165) is 43.2 Å². The third kappa shape index (κ3) is 4.17. The smallest absolute Gasteiger partial charge is 0.341 e. The molecule has 0 atom stereocenters. The first-order valence-electron chi connectivity index (χ1n) is 8.56. The summed E-state index contributed by atoms with van der Waals surface area (Å²) >= 11 is 7.57. The number of rotatable bonds is 4. The molecule has 1 amide bonds. The Morgan fingerprint density at radius 2 is 1.96 bits per heavy atom. The zero-order chi connectivity index (χ0) is 18.5. The standard InChI is InChI=1S/C20H20ClNO3S/c1-25-20(24)18-14-8-3-2-4-10-16(14)26-19(18)22-17(23)12-11-13-7-5-6-9-15(13)21/h5-7,9,11-12H,2-4,8,10H2,1H3,(H,22,23). The summed E-state index contributed by atoms with van der Waals surface area (Å²) in [5.74, 6) is -0.693. The van der Waals surface area contributed by atoms with Crippen LogP contribution in [-0.4, -0.2) is 19.0 Å². The zero-order valence-electron chi connectivity index (χ0n) is 14.5. The SMILES string of the molecule is COC(=O)c1c(NC(=O)C=Cc2ccccc2Cl)sc2c1CCCCC2. The predicted octanol–water partition coefficient (Wildman–Crippen LogP) is 5.11. The maximum Gasteiger partial charge on any atom is 0.341 e. The number of ether oxygens (including phenoxy) is 1. The normalized spacial score (nSPS) is 13.9. The van der Waals surface area contributed by atoms with Gasteiger partial charge in [-0.2, -0.15) is 0 Å². The lowest BCUT2D eigenvalue weighted by molar-refractivity contribution is -0.111. The van der Waals surface area contributed by atoms with Crippen molar-refractivity contribution in [1.82, 2.24) is 0 Å². The number of carbonyl (C=O) groups excluding carboxylic acids is 2. The average Bonchev–Trinajstić information content (AvgIpc) is 2.81. The van der Waals surface area contributed by atoms with E-state index < -0.39 is 5.97 Å². The molecule has 0 aliphatic heterocycles. The van der Waals surface area contributed by atoms with Gasteiger partial charge < -0.3 is 10.1 Å². The summed E-state index contributed by atoms with van der Waals surface area (Å²) < 4.78 is 4.95. The quantitative estimate of drug-likeness (QED) is 0.449. The molecule has 2 aromatic rings. The van der Waals surface area contributed by atoms with E-state index in [1.54, 1.807) is 12.1 Å². The zero-order valence-corrected chi connectivity index (χ0v) is 16.1. The number of benzene rings is 1. The molecular weight excluding hydrogens is 370 g/mol. The van der Waals surface area contributed by atoms with E-state index in [2.05, 4.69) is 5.32 Å². The summed E-state index contributed by atoms with van der Waals surface area (Å²) in [6.45, 7) is 0. The number of fused-ring (bicyclic) bond motifs is 1. The van der Waals surface area contributed by atoms with Crippen molar-refractivity contribution in [1.29, 1.82) is 0 Å². The molecule has 0 bridgehead atoms. The molecule has 6 heteroatoms. The predicted molar refractivity (Wildman–Crippen MR) is 106 cm³/mol. The number of halogens is 1. The van der Waals surface area contributed by atoms with Crippen molar-refractivity contribution < 1.29 is 14.3 Å². The van der Waals surface area contributed by atoms with Crippen LogP contribution in [0.25, 0.3) is 6.08 Å². The van der Waals surface area contributed by atoms with Crippen LogP contribution in [0, 0.1) is 0 Å². The molecule has 1 N–H and O–H groups in total. The van der Waals surface area contributed by atoms with Crippen molar-refractivity contribution in [2.45, 2.75) is 32.1 Å². The maximum absolute atomic E-state index is 12.4. The van der Waals surface area contributed by atoms with Crippen LogP contribution in [0.2, 0.25) is 5.02 Å². The molecule has 3 rings (SSSR count). The van der Waals surface area contributed by atoms with Gasteiger partial charge in [-0.3, -0.25) is 4.79 Å². The van der Waals surface area contributed by atoms with Gasteiger partial charge in [0, 0.05) is 16.0 Å². The third-order valence-corrected chi connectivity index (χ3v) is 5.92. The highest BCUT2D eigenvalue weighted by Gasteiger charge is 2.25. The van der Waals surface area contributed by atoms with Gasteiger partial charge in [0.2, 0.25) is 5.91 Å². The van der Waals surface area contributed by atoms with Gasteiger partial charge in [-0.05, 0) is 49.0 Å². The number of amides is 1. The number of methoxy groups -OCH3 is 1. The van der Waals surface area contributed by atoms with Crippen LogP contribution in [0.5, 0.6) is 0 Å². The number of thiophene rings is 1. The van der Waals surface area contributed by atoms with Crippen LogP contribution >= 0.6 is 22.9 Å². The Bertz CT molecular complexity index is 857. The Balaban J connectivity index is 1.84. The second-order valence-electron chi connectivity index (χ2n) is 6.10. The molecule has 1 aliphatic rings. The first-order valence-corrected chi connectivity index (χ1v) is 9.76. The fraction of sp³-hybridized carbons (Fsp3) is 0.300. The van der Waals surface area contributed by atoms with Crippen LogP contribution in [0.1, 0.15) is 45.6 Å². The molecule has 1 aromatic carbocycles. The van der Waals surface area contributed by atoms with Gasteiger partial charge in [-0.1, -0.05) is 36.2 Å². The van der Waals surface area contributed by atoms with E-state index in [-0.39, 0.29) is 5.91 Å². The van der Waals surface area contributed by atoms with E-state index in [4.69, 9.17) is 16.3 Å². The summed E-state index contributed by atoms with van der Waals surface area (Å²) in [6, 6.07) is 7.29. The van der Waals surface area contributed by atoms with Crippen molar-refractivity contribution in [2.75, 3.05) is 12.4 Å². The molecule has 0 unspecified atom stereocenters. The number of hydrogen-bond acceptors (Lipinski definition) is 4. The van der Waals surface area contributed by atoms with Crippen molar-refractivity contribution in [3.05, 3.63) is 56.9 Å². The molecule has 26 heavy (non-hydrogen) atoms. The van der Waals surface area contributed by atoms with Gasteiger partial charge in [0.25, 0.3) is 0 Å². The number of hydrogen-bond donors (Lipinski definition) is 1. The molecule has 136 valence electrons. The summed E-state index contributed by atoms with van der Waals surface area (Å²) in [7, 11) is 1.37. The molecule has 4 nitrogen and oxygen atoms in total. The van der Waals surface area contributed by atoms with E-state index in [1.165, 1.54) is 29.4 Å². The highest BCUT2D eigenvalue weighted by molar-refractivity contribution is 7.17. The Labute approximate surface area is 161 Å². The van der Waals surface area contributed by atoms with Gasteiger partial charge in [-0.15, -0.1) is 11.3 Å². The minimum Gasteiger partial charge on any atom is -0.465 e. The van der Waals surface area contributed by atoms with Crippen molar-refractivity contribution in [2.24, 2.45) is 0 Å². The van der Waals surface area contributed by atoms with Crippen LogP contribution in [0.4, 0.5) is 5.00 Å². The van der Waals surface area contributed by atoms with Crippen molar-refractivity contribution in [3.8, 4) is 0 Å². The number of carbonyl (C=O) groups is 2. The Morgan fingerprint density at radius 3 is 2.73 bits per heavy atom. The highest BCUT2D eigenvalue weighted by atomic mass is 35.5. The first-order chi connectivity index (χ1) is 12.6. The Hall–Kier alpha value is -2.11. The maximum atomic E-state index is 12.4. The van der Waals surface area contributed by atoms with E-state index in [1.807, 2.05) is 18.2 Å². The van der Waals surface area contributed by atoms with E-state index in [0.29, 0.717) is 15.6 Å². The topological polar surface area (TPSA) is 55.4 Å². The van der Waals surface area contributed by atoms with Gasteiger partial charge in [0.1, 0.15) is 5.00 Å². The van der Waals surface area contributed by atoms with Crippen LogP contribution in [0.3, 0.4) is 0 Å². The lowest BCUT2D eigenvalue weighted by Crippen LogP contribution is -2.12. The van der Waals surface area contributed by atoms with Crippen molar-refractivity contribution in [3.63, 3.8) is 0 Å². The minimum absolute atomic E-state index is 0.300. The molecular formula is C20H20ClNO3S. The van der Waals surface area contributed by atoms with Gasteiger partial charge in [-0.25, -0.2) is 4.79 Å². The molecule has 1 aromatic heterocycles. The third-order valence-electron chi connectivity index (χ3n) is 4.37. The summed E-state index contributed by atoms with van der Waals surface area (Å²) in [6.07, 6.45) is 8.18. The number of nitrogens with one attached hydrogen (secondary N) is 1. The Kier molecular flexibility index (Phi) is 6.12. The molecule has 0 spiro atoms.